The molecule has 0 aliphatic heterocycles. The van der Waals surface area contributed by atoms with Crippen LogP contribution in [0.4, 0.5) is 0 Å². The Balaban J connectivity index is 1.36. The first-order chi connectivity index (χ1) is 24.5. The third-order valence-corrected chi connectivity index (χ3v) is 12.8. The van der Waals surface area contributed by atoms with Crippen LogP contribution in [0, 0.1) is 6.92 Å². The second-order valence-electron chi connectivity index (χ2n) is 14.0. The van der Waals surface area contributed by atoms with Crippen molar-refractivity contribution in [1.82, 2.24) is 0 Å². The van der Waals surface area contributed by atoms with Crippen molar-refractivity contribution in [3.63, 3.8) is 0 Å². The summed E-state index contributed by atoms with van der Waals surface area (Å²) in [5.41, 5.74) is 3.44. The van der Waals surface area contributed by atoms with E-state index in [2.05, 4.69) is 27.4 Å². The molecule has 0 N–H and O–H groups in total. The number of hydrogen-bond acceptors (Lipinski definition) is 6. The van der Waals surface area contributed by atoms with Crippen molar-refractivity contribution in [2.24, 2.45) is 0 Å². The van der Waals surface area contributed by atoms with E-state index in [1.54, 1.807) is 72.8 Å². The van der Waals surface area contributed by atoms with Crippen LogP contribution in [0.3, 0.4) is 0 Å². The standard InChI is InChI=1S/C44H46O6S2/c1-9-12-41-40(32(4)49-35-21-29-39(30-22-35)52(47,48)37-25-17-33(18-26-37)43(5,6)7)13-11-14-42(41)50-44(8,10-2)34-19-27-38(28-20-34)51(45,46)36-23-15-31(3)16-24-36/h9,11-30H,4,10H2,1-3,5-8H3/b12-9-. The molecule has 0 aliphatic carbocycles. The molecule has 0 spiro atoms. The van der Waals surface area contributed by atoms with Crippen LogP contribution in [-0.2, 0) is 30.7 Å². The van der Waals surface area contributed by atoms with E-state index in [1.165, 1.54) is 12.1 Å². The highest BCUT2D eigenvalue weighted by molar-refractivity contribution is 7.91. The van der Waals surface area contributed by atoms with Gasteiger partial charge in [-0.1, -0.05) is 101 Å². The molecule has 0 aromatic heterocycles. The number of hydrogen-bond donors (Lipinski definition) is 0. The van der Waals surface area contributed by atoms with Crippen molar-refractivity contribution in [3.05, 3.63) is 156 Å². The normalized spacial score (nSPS) is 13.4. The van der Waals surface area contributed by atoms with E-state index in [0.717, 1.165) is 22.3 Å². The summed E-state index contributed by atoms with van der Waals surface area (Å²) in [4.78, 5) is 0.856. The summed E-state index contributed by atoms with van der Waals surface area (Å²) in [5, 5.41) is 0. The van der Waals surface area contributed by atoms with E-state index in [4.69, 9.17) is 9.47 Å². The van der Waals surface area contributed by atoms with Gasteiger partial charge >= 0.3 is 0 Å². The van der Waals surface area contributed by atoms with E-state index in [0.29, 0.717) is 29.2 Å². The van der Waals surface area contributed by atoms with E-state index in [9.17, 15) is 16.8 Å². The summed E-state index contributed by atoms with van der Waals surface area (Å²) in [5.74, 6) is 1.39. The molecule has 8 heteroatoms. The van der Waals surface area contributed by atoms with Gasteiger partial charge in [0.15, 0.2) is 0 Å². The van der Waals surface area contributed by atoms with Crippen LogP contribution in [0.15, 0.2) is 147 Å². The molecule has 0 bridgehead atoms. The van der Waals surface area contributed by atoms with Crippen LogP contribution in [0.5, 0.6) is 11.5 Å². The Bertz CT molecular complexity index is 2300. The second-order valence-corrected chi connectivity index (χ2v) is 17.9. The molecule has 0 saturated heterocycles. The van der Waals surface area contributed by atoms with Gasteiger partial charge in [0, 0.05) is 11.1 Å². The first kappa shape index (κ1) is 38.3. The fourth-order valence-electron chi connectivity index (χ4n) is 5.79. The van der Waals surface area contributed by atoms with Crippen LogP contribution < -0.4 is 9.47 Å². The number of rotatable bonds is 12. The van der Waals surface area contributed by atoms with E-state index in [1.807, 2.05) is 70.2 Å². The highest BCUT2D eigenvalue weighted by atomic mass is 32.2. The first-order valence-corrected chi connectivity index (χ1v) is 20.2. The molecule has 0 heterocycles. The molecule has 270 valence electrons. The van der Waals surface area contributed by atoms with Crippen LogP contribution in [0.2, 0.25) is 0 Å². The molecule has 5 aromatic rings. The van der Waals surface area contributed by atoms with Crippen LogP contribution in [0.25, 0.3) is 11.8 Å². The predicted molar refractivity (Wildman–Crippen MR) is 209 cm³/mol. The largest absolute Gasteiger partial charge is 0.482 e. The Morgan fingerprint density at radius 3 is 1.60 bits per heavy atom. The van der Waals surface area contributed by atoms with Crippen molar-refractivity contribution in [1.29, 1.82) is 0 Å². The quantitative estimate of drug-likeness (QED) is 0.119. The lowest BCUT2D eigenvalue weighted by Gasteiger charge is -2.31. The minimum absolute atomic E-state index is 0.0836. The maximum atomic E-state index is 13.4. The van der Waals surface area contributed by atoms with E-state index >= 15 is 0 Å². The molecule has 0 amide bonds. The van der Waals surface area contributed by atoms with Gasteiger partial charge in [-0.25, -0.2) is 16.8 Å². The van der Waals surface area contributed by atoms with Gasteiger partial charge < -0.3 is 9.47 Å². The minimum Gasteiger partial charge on any atom is -0.482 e. The Morgan fingerprint density at radius 2 is 1.13 bits per heavy atom. The summed E-state index contributed by atoms with van der Waals surface area (Å²) >= 11 is 0. The third-order valence-electron chi connectivity index (χ3n) is 9.22. The molecule has 52 heavy (non-hydrogen) atoms. The zero-order valence-corrected chi connectivity index (χ0v) is 32.4. The molecule has 0 radical (unpaired) electrons. The number of benzene rings is 5. The van der Waals surface area contributed by atoms with Gasteiger partial charge in [0.05, 0.1) is 19.6 Å². The fraction of sp³-hybridized carbons (Fsp3) is 0.227. The molecule has 0 aliphatic rings. The van der Waals surface area contributed by atoms with Crippen molar-refractivity contribution >= 4 is 31.5 Å². The lowest BCUT2D eigenvalue weighted by Crippen LogP contribution is -2.29. The summed E-state index contributed by atoms with van der Waals surface area (Å²) in [6, 6.07) is 32.6. The molecule has 1 atom stereocenters. The molecule has 5 rings (SSSR count). The number of allylic oxidation sites excluding steroid dienone is 1. The lowest BCUT2D eigenvalue weighted by molar-refractivity contribution is 0.0822. The first-order valence-electron chi connectivity index (χ1n) is 17.2. The summed E-state index contributed by atoms with van der Waals surface area (Å²) < 4.78 is 66.2. The zero-order chi connectivity index (χ0) is 37.9. The third kappa shape index (κ3) is 8.09. The molecule has 0 fully saturated rings. The van der Waals surface area contributed by atoms with Gasteiger partial charge in [0.25, 0.3) is 0 Å². The van der Waals surface area contributed by atoms with Crippen molar-refractivity contribution in [2.75, 3.05) is 0 Å². The minimum atomic E-state index is -3.72. The van der Waals surface area contributed by atoms with Crippen LogP contribution in [0.1, 0.15) is 75.8 Å². The Hall–Kier alpha value is -4.92. The predicted octanol–water partition coefficient (Wildman–Crippen LogP) is 10.7. The highest BCUT2D eigenvalue weighted by Gasteiger charge is 2.29. The topological polar surface area (TPSA) is 86.7 Å². The van der Waals surface area contributed by atoms with E-state index in [-0.39, 0.29) is 25.0 Å². The summed E-state index contributed by atoms with van der Waals surface area (Å²) in [6.07, 6.45) is 4.43. The highest BCUT2D eigenvalue weighted by Crippen LogP contribution is 2.38. The van der Waals surface area contributed by atoms with Crippen LogP contribution >= 0.6 is 0 Å². The van der Waals surface area contributed by atoms with E-state index < -0.39 is 25.3 Å². The van der Waals surface area contributed by atoms with Gasteiger partial charge in [0.2, 0.25) is 19.7 Å². The molecule has 5 aromatic carbocycles. The molecule has 6 nitrogen and oxygen atoms in total. The average molecular weight is 735 g/mol. The summed E-state index contributed by atoms with van der Waals surface area (Å²) in [7, 11) is -7.39. The number of aryl methyl sites for hydroxylation is 1. The molecular weight excluding hydrogens is 689 g/mol. The summed E-state index contributed by atoms with van der Waals surface area (Å²) in [6.45, 7) is 18.3. The maximum absolute atomic E-state index is 13.4. The van der Waals surface area contributed by atoms with Gasteiger partial charge in [-0.2, -0.15) is 0 Å². The molecular formula is C44H46O6S2. The number of ether oxygens (including phenoxy) is 2. The number of sulfone groups is 2. The van der Waals surface area contributed by atoms with Gasteiger partial charge in [-0.15, -0.1) is 0 Å². The Labute approximate surface area is 309 Å². The molecule has 0 saturated carbocycles. The monoisotopic (exact) mass is 734 g/mol. The second kappa shape index (κ2) is 15.0. The van der Waals surface area contributed by atoms with Crippen molar-refractivity contribution in [3.8, 4) is 11.5 Å². The SMILES string of the molecule is C=C(Oc1ccc(S(=O)(=O)c2ccc(C(C)(C)C)cc2)cc1)c1cccc(OC(C)(CC)c2ccc(S(=O)(=O)c3ccc(C)cc3)cc2)c1/C=C\C. The Kier molecular flexibility index (Phi) is 11.0. The van der Waals surface area contributed by atoms with Gasteiger partial charge in [0.1, 0.15) is 22.9 Å². The Morgan fingerprint density at radius 1 is 0.673 bits per heavy atom. The average Bonchev–Trinajstić information content (AvgIpc) is 3.12. The zero-order valence-electron chi connectivity index (χ0n) is 30.8. The smallest absolute Gasteiger partial charge is 0.206 e. The molecule has 1 unspecified atom stereocenters. The lowest BCUT2D eigenvalue weighted by atomic mass is 9.87. The van der Waals surface area contributed by atoms with Gasteiger partial charge in [-0.3, -0.25) is 0 Å². The maximum Gasteiger partial charge on any atom is 0.206 e. The fourth-order valence-corrected chi connectivity index (χ4v) is 8.31. The van der Waals surface area contributed by atoms with Crippen molar-refractivity contribution in [2.45, 2.75) is 85.5 Å². The van der Waals surface area contributed by atoms with Crippen molar-refractivity contribution < 1.29 is 26.3 Å². The van der Waals surface area contributed by atoms with Gasteiger partial charge in [-0.05, 0) is 110 Å². The van der Waals surface area contributed by atoms with Crippen LogP contribution in [-0.4, -0.2) is 16.8 Å².